The fraction of sp³-hybridized carbons (Fsp3) is 0.667. The maximum Gasteiger partial charge on any atom is 0.220 e. The molecule has 0 aromatic heterocycles. The van der Waals surface area contributed by atoms with E-state index in [4.69, 9.17) is 4.74 Å². The van der Waals surface area contributed by atoms with Crippen molar-refractivity contribution in [3.63, 3.8) is 0 Å². The average molecular weight is 343 g/mol. The molecule has 3 fully saturated rings. The van der Waals surface area contributed by atoms with Crippen LogP contribution in [-0.4, -0.2) is 35.3 Å². The van der Waals surface area contributed by atoms with Crippen LogP contribution in [0.4, 0.5) is 0 Å². The molecule has 2 unspecified atom stereocenters. The highest BCUT2D eigenvalue weighted by Crippen LogP contribution is 2.56. The van der Waals surface area contributed by atoms with Crippen LogP contribution in [0.2, 0.25) is 0 Å². The van der Waals surface area contributed by atoms with Gasteiger partial charge in [0, 0.05) is 36.7 Å². The average Bonchev–Trinajstić information content (AvgIpc) is 2.97. The van der Waals surface area contributed by atoms with Gasteiger partial charge in [0.2, 0.25) is 5.43 Å². The van der Waals surface area contributed by atoms with Gasteiger partial charge >= 0.3 is 0 Å². The minimum absolute atomic E-state index is 0.0902. The Labute approximate surface area is 149 Å². The van der Waals surface area contributed by atoms with E-state index in [9.17, 15) is 9.90 Å². The summed E-state index contributed by atoms with van der Waals surface area (Å²) in [6.07, 6.45) is 6.54. The largest absolute Gasteiger partial charge is 0.504 e. The molecular weight excluding hydrogens is 314 g/mol. The van der Waals surface area contributed by atoms with Gasteiger partial charge in [-0.2, -0.15) is 0 Å². The number of aromatic hydroxyl groups is 1. The Hall–Kier alpha value is -1.39. The number of rotatable bonds is 4. The molecule has 4 rings (SSSR count). The quantitative estimate of drug-likeness (QED) is 0.910. The first-order chi connectivity index (χ1) is 12.0. The van der Waals surface area contributed by atoms with Gasteiger partial charge in [-0.15, -0.1) is 0 Å². The molecule has 1 aromatic carbocycles. The van der Waals surface area contributed by atoms with Crippen LogP contribution in [0.15, 0.2) is 23.0 Å². The summed E-state index contributed by atoms with van der Waals surface area (Å²) >= 11 is 0. The summed E-state index contributed by atoms with van der Waals surface area (Å²) in [7, 11) is 0. The first-order valence-electron chi connectivity index (χ1n) is 9.72. The van der Waals surface area contributed by atoms with E-state index in [-0.39, 0.29) is 17.1 Å². The van der Waals surface area contributed by atoms with E-state index < -0.39 is 0 Å². The van der Waals surface area contributed by atoms with Gasteiger partial charge in [-0.05, 0) is 43.2 Å². The third-order valence-corrected chi connectivity index (χ3v) is 6.56. The van der Waals surface area contributed by atoms with E-state index in [0.717, 1.165) is 37.1 Å². The van der Waals surface area contributed by atoms with Gasteiger partial charge in [0.15, 0.2) is 5.75 Å². The lowest BCUT2D eigenvalue weighted by atomic mass is 9.56. The van der Waals surface area contributed by atoms with Gasteiger partial charge in [0.25, 0.3) is 0 Å². The topological polar surface area (TPSA) is 49.8 Å². The smallest absolute Gasteiger partial charge is 0.220 e. The van der Waals surface area contributed by atoms with Crippen LogP contribution in [0, 0.1) is 5.41 Å². The Balaban J connectivity index is 1.58. The summed E-state index contributed by atoms with van der Waals surface area (Å²) in [5, 5.41) is 10.4. The normalized spacial score (nSPS) is 28.1. The molecule has 1 aliphatic carbocycles. The van der Waals surface area contributed by atoms with Crippen LogP contribution < -0.4 is 5.43 Å². The highest BCUT2D eigenvalue weighted by Gasteiger charge is 2.58. The Morgan fingerprint density at radius 1 is 1.32 bits per heavy atom. The minimum atomic E-state index is -0.267. The van der Waals surface area contributed by atoms with Crippen molar-refractivity contribution in [3.8, 4) is 5.75 Å². The van der Waals surface area contributed by atoms with E-state index in [1.165, 1.54) is 19.3 Å². The van der Waals surface area contributed by atoms with Crippen molar-refractivity contribution in [3.05, 3.63) is 39.5 Å². The van der Waals surface area contributed by atoms with Crippen molar-refractivity contribution in [2.24, 2.45) is 5.41 Å². The standard InChI is InChI=1S/C21H29NO3/c1-14(2)15-6-7-16(19(24)17(23)11-15)12-22-13-21(8-4-9-21)20(22)18-5-3-10-25-18/h6-7,11,14,18,20H,3-5,8-10,12-13H2,1-2H3,(H,23,24). The lowest BCUT2D eigenvalue weighted by molar-refractivity contribution is -0.176. The molecule has 2 heterocycles. The highest BCUT2D eigenvalue weighted by atomic mass is 16.5. The molecule has 1 saturated carbocycles. The Morgan fingerprint density at radius 2 is 2.12 bits per heavy atom. The Kier molecular flexibility index (Phi) is 4.37. The van der Waals surface area contributed by atoms with Crippen LogP contribution in [0.25, 0.3) is 0 Å². The molecular formula is C21H29NO3. The third-order valence-electron chi connectivity index (χ3n) is 6.56. The second-order valence-electron chi connectivity index (χ2n) is 8.49. The predicted octanol–water partition coefficient (Wildman–Crippen LogP) is 3.41. The first kappa shape index (κ1) is 17.0. The SMILES string of the molecule is CC(C)c1ccc(CN2CC3(CCC3)C2C2CCCO2)c(O)c(=O)c1. The van der Waals surface area contributed by atoms with Crippen molar-refractivity contribution in [1.82, 2.24) is 4.90 Å². The molecule has 136 valence electrons. The van der Waals surface area contributed by atoms with Crippen molar-refractivity contribution in [2.45, 2.75) is 70.6 Å². The minimum Gasteiger partial charge on any atom is -0.504 e. The molecule has 0 radical (unpaired) electrons. The molecule has 2 saturated heterocycles. The summed E-state index contributed by atoms with van der Waals surface area (Å²) in [6, 6.07) is 5.95. The number of hydrogen-bond acceptors (Lipinski definition) is 4. The molecule has 1 spiro atoms. The molecule has 0 bridgehead atoms. The van der Waals surface area contributed by atoms with E-state index in [1.807, 2.05) is 12.1 Å². The van der Waals surface area contributed by atoms with Crippen molar-refractivity contribution >= 4 is 0 Å². The molecule has 2 aliphatic heterocycles. The van der Waals surface area contributed by atoms with Crippen LogP contribution in [-0.2, 0) is 11.3 Å². The summed E-state index contributed by atoms with van der Waals surface area (Å²) in [5.74, 6) is 0.182. The van der Waals surface area contributed by atoms with E-state index in [2.05, 4.69) is 18.7 Å². The molecule has 3 aliphatic rings. The Morgan fingerprint density at radius 3 is 2.72 bits per heavy atom. The summed E-state index contributed by atoms with van der Waals surface area (Å²) < 4.78 is 6.01. The lowest BCUT2D eigenvalue weighted by Gasteiger charge is -2.64. The second kappa shape index (κ2) is 6.40. The maximum atomic E-state index is 12.3. The molecule has 0 amide bonds. The highest BCUT2D eigenvalue weighted by molar-refractivity contribution is 5.35. The summed E-state index contributed by atoms with van der Waals surface area (Å²) in [5.41, 5.74) is 1.89. The van der Waals surface area contributed by atoms with Gasteiger partial charge in [0.1, 0.15) is 0 Å². The fourth-order valence-corrected chi connectivity index (χ4v) is 5.00. The molecule has 4 heteroatoms. The number of ether oxygens (including phenoxy) is 1. The van der Waals surface area contributed by atoms with E-state index in [1.54, 1.807) is 6.07 Å². The lowest BCUT2D eigenvalue weighted by Crippen LogP contribution is -2.70. The fourth-order valence-electron chi connectivity index (χ4n) is 5.00. The van der Waals surface area contributed by atoms with Crippen LogP contribution in [0.5, 0.6) is 5.75 Å². The van der Waals surface area contributed by atoms with Gasteiger partial charge in [-0.3, -0.25) is 9.69 Å². The zero-order valence-corrected chi connectivity index (χ0v) is 15.3. The van der Waals surface area contributed by atoms with E-state index >= 15 is 0 Å². The summed E-state index contributed by atoms with van der Waals surface area (Å²) in [6.45, 7) is 6.71. The van der Waals surface area contributed by atoms with Gasteiger partial charge in [-0.25, -0.2) is 0 Å². The predicted molar refractivity (Wildman–Crippen MR) is 97.9 cm³/mol. The maximum absolute atomic E-state index is 12.3. The van der Waals surface area contributed by atoms with Crippen molar-refractivity contribution in [2.75, 3.05) is 13.2 Å². The van der Waals surface area contributed by atoms with Gasteiger partial charge in [0.05, 0.1) is 6.10 Å². The van der Waals surface area contributed by atoms with Crippen LogP contribution in [0.3, 0.4) is 0 Å². The molecule has 1 aromatic rings. The van der Waals surface area contributed by atoms with Crippen molar-refractivity contribution in [1.29, 1.82) is 0 Å². The zero-order chi connectivity index (χ0) is 17.6. The second-order valence-corrected chi connectivity index (χ2v) is 8.49. The number of likely N-dealkylation sites (tertiary alicyclic amines) is 1. The van der Waals surface area contributed by atoms with Crippen molar-refractivity contribution < 1.29 is 9.84 Å². The van der Waals surface area contributed by atoms with E-state index in [0.29, 0.717) is 24.1 Å². The molecule has 4 nitrogen and oxygen atoms in total. The van der Waals surface area contributed by atoms with Gasteiger partial charge < -0.3 is 9.84 Å². The zero-order valence-electron chi connectivity index (χ0n) is 15.3. The molecule has 1 N–H and O–H groups in total. The monoisotopic (exact) mass is 343 g/mol. The van der Waals surface area contributed by atoms with Gasteiger partial charge in [-0.1, -0.05) is 32.4 Å². The first-order valence-corrected chi connectivity index (χ1v) is 9.72. The molecule has 25 heavy (non-hydrogen) atoms. The Bertz CT molecular complexity index is 705. The van der Waals surface area contributed by atoms with Crippen LogP contribution >= 0.6 is 0 Å². The summed E-state index contributed by atoms with van der Waals surface area (Å²) in [4.78, 5) is 14.7. The number of hydrogen-bond donors (Lipinski definition) is 1. The molecule has 2 atom stereocenters. The third kappa shape index (κ3) is 2.89. The van der Waals surface area contributed by atoms with Crippen LogP contribution in [0.1, 0.15) is 63.0 Å². The number of nitrogens with zero attached hydrogens (tertiary/aromatic N) is 1.